The average molecular weight is 409 g/mol. The molecule has 2 rings (SSSR count). The van der Waals surface area contributed by atoms with E-state index in [4.69, 9.17) is 4.74 Å². The molecule has 1 aromatic rings. The molecule has 154 valence electrons. The third kappa shape index (κ3) is 5.53. The van der Waals surface area contributed by atoms with Crippen LogP contribution in [0.15, 0.2) is 11.0 Å². The van der Waals surface area contributed by atoms with Gasteiger partial charge in [0.25, 0.3) is 5.56 Å². The van der Waals surface area contributed by atoms with Gasteiger partial charge in [-0.3, -0.25) is 4.79 Å². The van der Waals surface area contributed by atoms with Gasteiger partial charge in [-0.2, -0.15) is 18.3 Å². The quantitative estimate of drug-likeness (QED) is 0.524. The number of aliphatic hydroxyl groups is 2. The number of hydrogen-bond acceptors (Lipinski definition) is 6. The number of nitrogens with zero attached hydrogens (tertiary/aromatic N) is 3. The molecule has 1 aliphatic rings. The predicted molar refractivity (Wildman–Crippen MR) is 96.4 cm³/mol. The molecule has 1 aromatic heterocycles. The van der Waals surface area contributed by atoms with Crippen LogP contribution >= 0.6 is 0 Å². The first-order chi connectivity index (χ1) is 12.4. The fraction of sp³-hybridized carbons (Fsp3) is 0.750. The van der Waals surface area contributed by atoms with E-state index in [1.54, 1.807) is 0 Å². The van der Waals surface area contributed by atoms with Gasteiger partial charge in [0.15, 0.2) is 0 Å². The third-order valence-corrected chi connectivity index (χ3v) is 6.13. The maximum atomic E-state index is 13.6. The highest BCUT2D eigenvalue weighted by molar-refractivity contribution is 6.76. The summed E-state index contributed by atoms with van der Waals surface area (Å²) in [5.74, 6) is 0. The number of halogens is 3. The van der Waals surface area contributed by atoms with Gasteiger partial charge < -0.3 is 19.8 Å². The van der Waals surface area contributed by atoms with E-state index in [0.29, 0.717) is 11.3 Å². The molecule has 1 fully saturated rings. The minimum Gasteiger partial charge on any atom is -0.394 e. The van der Waals surface area contributed by atoms with Crippen LogP contribution in [0.4, 0.5) is 18.9 Å². The number of β-amino-alcohol motifs (C(OH)–C–C–N with tert-alkyl or cyclic N) is 1. The summed E-state index contributed by atoms with van der Waals surface area (Å²) in [4.78, 5) is 13.6. The van der Waals surface area contributed by atoms with Gasteiger partial charge in [0, 0.05) is 21.2 Å². The van der Waals surface area contributed by atoms with Crippen LogP contribution in [0.2, 0.25) is 25.7 Å². The number of aromatic nitrogens is 2. The largest absolute Gasteiger partial charge is 0.423 e. The van der Waals surface area contributed by atoms with Crippen molar-refractivity contribution in [3.05, 3.63) is 22.1 Å². The fourth-order valence-electron chi connectivity index (χ4n) is 2.95. The first-order valence-corrected chi connectivity index (χ1v) is 12.5. The third-order valence-electron chi connectivity index (χ3n) is 4.43. The molecule has 2 heterocycles. The zero-order chi connectivity index (χ0) is 20.4. The van der Waals surface area contributed by atoms with Crippen molar-refractivity contribution in [2.24, 2.45) is 0 Å². The van der Waals surface area contributed by atoms with Crippen molar-refractivity contribution in [1.82, 2.24) is 9.78 Å². The number of hydrogen-bond donors (Lipinski definition) is 2. The lowest BCUT2D eigenvalue weighted by Gasteiger charge is -2.27. The van der Waals surface area contributed by atoms with Crippen LogP contribution in [-0.2, 0) is 17.6 Å². The molecule has 2 N–H and O–H groups in total. The van der Waals surface area contributed by atoms with Crippen LogP contribution in [0.5, 0.6) is 0 Å². The summed E-state index contributed by atoms with van der Waals surface area (Å²) >= 11 is 0. The molecule has 1 saturated heterocycles. The second kappa shape index (κ2) is 8.29. The zero-order valence-electron chi connectivity index (χ0n) is 15.7. The summed E-state index contributed by atoms with van der Waals surface area (Å²) in [6.45, 7) is 5.86. The van der Waals surface area contributed by atoms with Crippen molar-refractivity contribution in [2.75, 3.05) is 24.7 Å². The molecular weight excluding hydrogens is 383 g/mol. The van der Waals surface area contributed by atoms with Gasteiger partial charge in [0.05, 0.1) is 30.6 Å². The van der Waals surface area contributed by atoms with Crippen LogP contribution in [0, 0.1) is 0 Å². The topological polar surface area (TPSA) is 87.8 Å². The summed E-state index contributed by atoms with van der Waals surface area (Å²) in [6, 6.07) is 0.113. The Kier molecular flexibility index (Phi) is 6.71. The molecule has 0 saturated carbocycles. The maximum Gasteiger partial charge on any atom is 0.423 e. The highest BCUT2D eigenvalue weighted by atomic mass is 28.3. The van der Waals surface area contributed by atoms with E-state index in [-0.39, 0.29) is 19.7 Å². The van der Waals surface area contributed by atoms with E-state index < -0.39 is 49.8 Å². The van der Waals surface area contributed by atoms with Crippen molar-refractivity contribution < 1.29 is 28.1 Å². The first kappa shape index (κ1) is 21.9. The standard InChI is InChI=1S/C16H26F3N3O4Si/c1-27(2,3)5-4-26-10-22-15(25)14(16(17,18)19)13(7-20-22)21-8-12(24)6-11(21)9-23/h7,11-12,23-24H,4-6,8-10H2,1-3H3/t11-,12-/m0/s1. The minimum absolute atomic E-state index is 0.105. The highest BCUT2D eigenvalue weighted by Gasteiger charge is 2.42. The van der Waals surface area contributed by atoms with Gasteiger partial charge in [0.2, 0.25) is 0 Å². The van der Waals surface area contributed by atoms with Gasteiger partial charge >= 0.3 is 6.18 Å². The van der Waals surface area contributed by atoms with Gasteiger partial charge in [-0.05, 0) is 12.5 Å². The Bertz CT molecular complexity index is 706. The van der Waals surface area contributed by atoms with Crippen LogP contribution in [0.3, 0.4) is 0 Å². The van der Waals surface area contributed by atoms with Crippen molar-refractivity contribution in [3.8, 4) is 0 Å². The van der Waals surface area contributed by atoms with E-state index in [1.165, 1.54) is 4.90 Å². The monoisotopic (exact) mass is 409 g/mol. The molecule has 0 amide bonds. The maximum absolute atomic E-state index is 13.6. The predicted octanol–water partition coefficient (Wildman–Crippen LogP) is 1.51. The smallest absolute Gasteiger partial charge is 0.394 e. The summed E-state index contributed by atoms with van der Waals surface area (Å²) in [5, 5.41) is 22.9. The van der Waals surface area contributed by atoms with Crippen molar-refractivity contribution in [3.63, 3.8) is 0 Å². The van der Waals surface area contributed by atoms with Gasteiger partial charge in [-0.15, -0.1) is 0 Å². The molecule has 27 heavy (non-hydrogen) atoms. The number of ether oxygens (including phenoxy) is 1. The lowest BCUT2D eigenvalue weighted by molar-refractivity contribution is -0.138. The molecule has 7 nitrogen and oxygen atoms in total. The summed E-state index contributed by atoms with van der Waals surface area (Å²) in [5.41, 5.74) is -3.09. The van der Waals surface area contributed by atoms with E-state index in [0.717, 1.165) is 12.2 Å². The molecule has 2 atom stereocenters. The Balaban J connectivity index is 2.30. The van der Waals surface area contributed by atoms with E-state index in [9.17, 15) is 28.2 Å². The lowest BCUT2D eigenvalue weighted by Crippen LogP contribution is -2.39. The molecule has 0 aromatic carbocycles. The van der Waals surface area contributed by atoms with Gasteiger partial charge in [-0.1, -0.05) is 19.6 Å². The van der Waals surface area contributed by atoms with Gasteiger partial charge in [-0.25, -0.2) is 4.68 Å². The molecule has 11 heteroatoms. The molecule has 0 radical (unpaired) electrons. The highest BCUT2D eigenvalue weighted by Crippen LogP contribution is 2.36. The van der Waals surface area contributed by atoms with Crippen molar-refractivity contribution in [2.45, 2.75) is 57.2 Å². The van der Waals surface area contributed by atoms with E-state index in [1.807, 2.05) is 0 Å². The SMILES string of the molecule is C[Si](C)(C)CCOCn1ncc(N2C[C@@H](O)C[C@H]2CO)c(C(F)(F)F)c1=O. The van der Waals surface area contributed by atoms with Crippen molar-refractivity contribution >= 4 is 13.8 Å². The second-order valence-corrected chi connectivity index (χ2v) is 13.6. The number of aliphatic hydroxyl groups excluding tert-OH is 2. The summed E-state index contributed by atoms with van der Waals surface area (Å²) in [7, 11) is -1.36. The molecule has 0 bridgehead atoms. The number of rotatable bonds is 7. The molecule has 0 spiro atoms. The average Bonchev–Trinajstić information content (AvgIpc) is 2.91. The van der Waals surface area contributed by atoms with Crippen LogP contribution in [-0.4, -0.2) is 60.0 Å². The fourth-order valence-corrected chi connectivity index (χ4v) is 3.70. The van der Waals surface area contributed by atoms with Crippen LogP contribution in [0.1, 0.15) is 12.0 Å². The molecule has 1 aliphatic heterocycles. The lowest BCUT2D eigenvalue weighted by atomic mass is 10.2. The van der Waals surface area contributed by atoms with E-state index in [2.05, 4.69) is 24.7 Å². The van der Waals surface area contributed by atoms with Gasteiger partial charge in [0.1, 0.15) is 12.3 Å². The first-order valence-electron chi connectivity index (χ1n) is 8.74. The molecule has 0 aliphatic carbocycles. The number of anilines is 1. The number of alkyl halides is 3. The normalized spacial score (nSPS) is 21.1. The Morgan fingerprint density at radius 2 is 2.04 bits per heavy atom. The Morgan fingerprint density at radius 3 is 2.59 bits per heavy atom. The Morgan fingerprint density at radius 1 is 1.37 bits per heavy atom. The second-order valence-electron chi connectivity index (χ2n) is 7.93. The summed E-state index contributed by atoms with van der Waals surface area (Å²) in [6.07, 6.45) is -4.71. The Hall–Kier alpha value is -1.43. The molecule has 0 unspecified atom stereocenters. The minimum atomic E-state index is -4.90. The zero-order valence-corrected chi connectivity index (χ0v) is 16.7. The van der Waals surface area contributed by atoms with E-state index >= 15 is 0 Å². The Labute approximate surface area is 156 Å². The molecular formula is C16H26F3N3O4Si. The summed E-state index contributed by atoms with van der Waals surface area (Å²) < 4.78 is 46.8. The van der Waals surface area contributed by atoms with Crippen LogP contribution in [0.25, 0.3) is 0 Å². The van der Waals surface area contributed by atoms with Crippen LogP contribution < -0.4 is 10.5 Å². The van der Waals surface area contributed by atoms with Crippen molar-refractivity contribution in [1.29, 1.82) is 0 Å².